The predicted molar refractivity (Wildman–Crippen MR) is 124 cm³/mol. The molecular formula is C24H35FO3S2. The molecule has 3 saturated carbocycles. The van der Waals surface area contributed by atoms with E-state index in [4.69, 9.17) is 4.74 Å². The predicted octanol–water partition coefficient (Wildman–Crippen LogP) is 5.18. The van der Waals surface area contributed by atoms with Crippen LogP contribution in [0.3, 0.4) is 0 Å². The maximum Gasteiger partial charge on any atom is 0.178 e. The van der Waals surface area contributed by atoms with Crippen molar-refractivity contribution in [2.75, 3.05) is 18.6 Å². The molecular weight excluding hydrogens is 419 g/mol. The van der Waals surface area contributed by atoms with E-state index in [2.05, 4.69) is 20.8 Å². The van der Waals surface area contributed by atoms with Crippen LogP contribution < -0.4 is 0 Å². The normalized spacial score (nSPS) is 46.8. The Hall–Kier alpha value is -0.300. The lowest BCUT2D eigenvalue weighted by molar-refractivity contribution is -0.189. The molecule has 30 heavy (non-hydrogen) atoms. The minimum absolute atomic E-state index is 0.0326. The van der Waals surface area contributed by atoms with Crippen molar-refractivity contribution in [3.05, 3.63) is 23.8 Å². The molecule has 0 aromatic rings. The average molecular weight is 455 g/mol. The molecule has 7 atom stereocenters. The summed E-state index contributed by atoms with van der Waals surface area (Å²) in [6.45, 7) is 8.51. The number of allylic oxidation sites excluding steroid dienone is 4. The summed E-state index contributed by atoms with van der Waals surface area (Å²) < 4.78 is 23.1. The van der Waals surface area contributed by atoms with Gasteiger partial charge in [-0.25, -0.2) is 4.39 Å². The van der Waals surface area contributed by atoms with E-state index in [1.54, 1.807) is 19.3 Å². The highest BCUT2D eigenvalue weighted by Crippen LogP contribution is 2.74. The molecule has 3 fully saturated rings. The van der Waals surface area contributed by atoms with Gasteiger partial charge in [-0.3, -0.25) is 4.79 Å². The molecule has 0 unspecified atom stereocenters. The van der Waals surface area contributed by atoms with Gasteiger partial charge in [-0.1, -0.05) is 32.4 Å². The maximum atomic E-state index is 17.2. The van der Waals surface area contributed by atoms with Crippen molar-refractivity contribution in [2.24, 2.45) is 22.7 Å². The van der Waals surface area contributed by atoms with E-state index < -0.39 is 17.2 Å². The summed E-state index contributed by atoms with van der Waals surface area (Å²) in [6, 6.07) is 0. The number of ketones is 1. The van der Waals surface area contributed by atoms with Crippen LogP contribution in [0.25, 0.3) is 0 Å². The lowest BCUT2D eigenvalue weighted by Crippen LogP contribution is -2.67. The fourth-order valence-corrected chi connectivity index (χ4v) is 11.2. The van der Waals surface area contributed by atoms with Crippen molar-refractivity contribution in [2.45, 2.75) is 75.3 Å². The van der Waals surface area contributed by atoms with Gasteiger partial charge < -0.3 is 9.84 Å². The first kappa shape index (κ1) is 22.9. The smallest absolute Gasteiger partial charge is 0.178 e. The van der Waals surface area contributed by atoms with E-state index in [1.165, 1.54) is 6.08 Å². The number of hydrogen-bond acceptors (Lipinski definition) is 5. The van der Waals surface area contributed by atoms with Crippen LogP contribution >= 0.6 is 23.5 Å². The number of methoxy groups -OCH3 is 1. The van der Waals surface area contributed by atoms with E-state index >= 15 is 4.39 Å². The van der Waals surface area contributed by atoms with Crippen molar-refractivity contribution >= 4 is 29.3 Å². The van der Waals surface area contributed by atoms with Crippen molar-refractivity contribution in [3.8, 4) is 0 Å². The summed E-state index contributed by atoms with van der Waals surface area (Å²) in [4.78, 5) is 12.0. The zero-order valence-corrected chi connectivity index (χ0v) is 20.4. The van der Waals surface area contributed by atoms with Crippen molar-refractivity contribution in [3.63, 3.8) is 0 Å². The summed E-state index contributed by atoms with van der Waals surface area (Å²) in [7, 11) is 1.78. The van der Waals surface area contributed by atoms with Gasteiger partial charge in [-0.15, -0.1) is 23.5 Å². The quantitative estimate of drug-likeness (QED) is 0.580. The fraction of sp³-hybridized carbons (Fsp3) is 0.792. The van der Waals surface area contributed by atoms with Gasteiger partial charge in [-0.05, 0) is 67.6 Å². The first-order valence-electron chi connectivity index (χ1n) is 11.3. The fourth-order valence-electron chi connectivity index (χ4n) is 7.39. The highest BCUT2D eigenvalue weighted by Gasteiger charge is 2.75. The Bertz CT molecular complexity index is 776. The lowest BCUT2D eigenvalue weighted by Gasteiger charge is -2.63. The van der Waals surface area contributed by atoms with E-state index in [-0.39, 0.29) is 33.2 Å². The Morgan fingerprint density at radius 2 is 1.90 bits per heavy atom. The largest absolute Gasteiger partial charge is 0.390 e. The van der Waals surface area contributed by atoms with Crippen LogP contribution in [-0.2, 0) is 9.53 Å². The van der Waals surface area contributed by atoms with Crippen molar-refractivity contribution < 1.29 is 19.0 Å². The molecule has 4 aliphatic carbocycles. The first-order valence-corrected chi connectivity index (χ1v) is 13.2. The molecule has 0 aromatic heterocycles. The Morgan fingerprint density at radius 3 is 2.50 bits per heavy atom. The molecule has 0 bridgehead atoms. The maximum absolute atomic E-state index is 17.2. The third-order valence-corrected chi connectivity index (χ3v) is 12.3. The first-order chi connectivity index (χ1) is 14.1. The lowest BCUT2D eigenvalue weighted by atomic mass is 9.46. The number of hydrogen-bond donors (Lipinski definition) is 1. The molecule has 0 radical (unpaired) electrons. The Balaban J connectivity index is 1.83. The summed E-state index contributed by atoms with van der Waals surface area (Å²) in [5.41, 5.74) is -2.07. The molecule has 168 valence electrons. The molecule has 0 saturated heterocycles. The second-order valence-corrected chi connectivity index (χ2v) is 13.0. The van der Waals surface area contributed by atoms with Gasteiger partial charge in [0, 0.05) is 18.4 Å². The van der Waals surface area contributed by atoms with Gasteiger partial charge >= 0.3 is 0 Å². The summed E-state index contributed by atoms with van der Waals surface area (Å²) in [6.07, 6.45) is 6.44. The number of fused-ring (bicyclic) bond motifs is 5. The number of carbonyl (C=O) groups excluding carboxylic acids is 1. The summed E-state index contributed by atoms with van der Waals surface area (Å²) in [5, 5.41) is 11.5. The van der Waals surface area contributed by atoms with E-state index in [0.717, 1.165) is 23.5 Å². The Morgan fingerprint density at radius 1 is 1.23 bits per heavy atom. The Labute approximate surface area is 188 Å². The second-order valence-electron chi connectivity index (χ2n) is 9.76. The second kappa shape index (κ2) is 7.64. The third kappa shape index (κ3) is 2.69. The standard InChI is InChI=1S/C24H35FO3S2/c1-6-29-24(30-7-2)20(28-5)13-18-17-9-8-15-12-16(26)10-11-21(15,3)23(17,25)19(27)14-22(18,24)4/h10-12,17-20,27H,6-9,13-14H2,1-5H3/t17-,18-,19-,20+,21-,22-,23-/m0/s1. The number of thioether (sulfide) groups is 2. The van der Waals surface area contributed by atoms with Gasteiger partial charge in [-0.2, -0.15) is 0 Å². The van der Waals surface area contributed by atoms with E-state index in [9.17, 15) is 9.90 Å². The van der Waals surface area contributed by atoms with Crippen LogP contribution in [0.2, 0.25) is 0 Å². The topological polar surface area (TPSA) is 46.5 Å². The zero-order valence-electron chi connectivity index (χ0n) is 18.7. The molecule has 0 heterocycles. The number of carbonyl (C=O) groups is 1. The third-order valence-electron chi connectivity index (χ3n) is 8.72. The molecule has 6 heteroatoms. The van der Waals surface area contributed by atoms with Crippen LogP contribution in [0.1, 0.15) is 53.4 Å². The average Bonchev–Trinajstić information content (AvgIpc) is 2.92. The molecule has 0 amide bonds. The summed E-state index contributed by atoms with van der Waals surface area (Å²) >= 11 is 3.85. The molecule has 0 aromatic carbocycles. The minimum Gasteiger partial charge on any atom is -0.390 e. The number of aliphatic hydroxyl groups is 1. The van der Waals surface area contributed by atoms with Gasteiger partial charge in [0.15, 0.2) is 11.5 Å². The minimum atomic E-state index is -1.76. The molecule has 0 aliphatic heterocycles. The van der Waals surface area contributed by atoms with Gasteiger partial charge in [0.25, 0.3) is 0 Å². The van der Waals surface area contributed by atoms with Crippen LogP contribution in [0.5, 0.6) is 0 Å². The van der Waals surface area contributed by atoms with Crippen molar-refractivity contribution in [1.82, 2.24) is 0 Å². The van der Waals surface area contributed by atoms with Crippen LogP contribution in [0.4, 0.5) is 4.39 Å². The van der Waals surface area contributed by atoms with Crippen LogP contribution in [-0.4, -0.2) is 51.5 Å². The zero-order chi connectivity index (χ0) is 21.9. The number of ether oxygens (including phenoxy) is 1. The summed E-state index contributed by atoms with van der Waals surface area (Å²) in [5.74, 6) is 1.75. The van der Waals surface area contributed by atoms with Gasteiger partial charge in [0.2, 0.25) is 0 Å². The molecule has 1 N–H and O–H groups in total. The van der Waals surface area contributed by atoms with Gasteiger partial charge in [0.05, 0.1) is 16.3 Å². The van der Waals surface area contributed by atoms with Crippen LogP contribution in [0, 0.1) is 22.7 Å². The molecule has 4 aliphatic rings. The monoisotopic (exact) mass is 454 g/mol. The van der Waals surface area contributed by atoms with E-state index in [0.29, 0.717) is 19.3 Å². The number of alkyl halides is 1. The highest BCUT2D eigenvalue weighted by molar-refractivity contribution is 8.18. The number of aliphatic hydroxyl groups excluding tert-OH is 1. The molecule has 4 rings (SSSR count). The number of rotatable bonds is 5. The van der Waals surface area contributed by atoms with E-state index in [1.807, 2.05) is 30.4 Å². The molecule has 0 spiro atoms. The van der Waals surface area contributed by atoms with Crippen molar-refractivity contribution in [1.29, 1.82) is 0 Å². The van der Waals surface area contributed by atoms with Gasteiger partial charge in [0.1, 0.15) is 0 Å². The number of halogens is 1. The SMILES string of the molecule is CCSC1(SCC)[C@H](OC)C[C@H]2[C@@H]3CCC4=CC(=O)C=C[C@]4(C)[C@@]3(F)[C@@H](O)C[C@@]21C. The molecule has 3 nitrogen and oxygen atoms in total. The Kier molecular flexibility index (Phi) is 5.82. The van der Waals surface area contributed by atoms with Crippen LogP contribution in [0.15, 0.2) is 23.8 Å². The highest BCUT2D eigenvalue weighted by atomic mass is 32.2.